The van der Waals surface area contributed by atoms with E-state index in [1.165, 1.54) is 0 Å². The van der Waals surface area contributed by atoms with Gasteiger partial charge in [0.1, 0.15) is 12.1 Å². The Labute approximate surface area is 98.7 Å². The van der Waals surface area contributed by atoms with Crippen molar-refractivity contribution in [2.75, 3.05) is 6.54 Å². The Morgan fingerprint density at radius 2 is 2.24 bits per heavy atom. The number of aromatic nitrogens is 3. The topological polar surface area (TPSA) is 51.0 Å². The highest BCUT2D eigenvalue weighted by atomic mass is 16.1. The second kappa shape index (κ2) is 4.01. The monoisotopic (exact) mass is 228 g/mol. The Morgan fingerprint density at radius 1 is 1.29 bits per heavy atom. The maximum atomic E-state index is 10.7. The first-order valence-electron chi connectivity index (χ1n) is 5.54. The number of pyridine rings is 1. The molecule has 2 aromatic rings. The number of nitrogens with zero attached hydrogens (tertiary/aromatic N) is 4. The van der Waals surface area contributed by atoms with E-state index in [0.717, 1.165) is 36.6 Å². The summed E-state index contributed by atoms with van der Waals surface area (Å²) in [5.74, 6) is 0.876. The Balaban J connectivity index is 2.00. The Morgan fingerprint density at radius 3 is 3.00 bits per heavy atom. The van der Waals surface area contributed by atoms with Crippen LogP contribution < -0.4 is 0 Å². The molecule has 86 valence electrons. The molecule has 2 aromatic heterocycles. The fourth-order valence-electron chi connectivity index (χ4n) is 2.11. The van der Waals surface area contributed by atoms with Crippen LogP contribution in [0.25, 0.3) is 5.82 Å². The van der Waals surface area contributed by atoms with Crippen LogP contribution in [0, 0.1) is 0 Å². The number of rotatable bonds is 2. The first-order chi connectivity index (χ1) is 8.38. The largest absolute Gasteiger partial charge is 0.339 e. The van der Waals surface area contributed by atoms with Gasteiger partial charge in [-0.05, 0) is 12.1 Å². The third-order valence-corrected chi connectivity index (χ3v) is 2.99. The molecule has 17 heavy (non-hydrogen) atoms. The third-order valence-electron chi connectivity index (χ3n) is 2.99. The first-order valence-corrected chi connectivity index (χ1v) is 5.54. The van der Waals surface area contributed by atoms with Gasteiger partial charge in [-0.3, -0.25) is 9.36 Å². The summed E-state index contributed by atoms with van der Waals surface area (Å²) in [6, 6.07) is 5.80. The molecule has 5 nitrogen and oxygen atoms in total. The summed E-state index contributed by atoms with van der Waals surface area (Å²) in [6.45, 7) is 1.34. The zero-order valence-corrected chi connectivity index (χ0v) is 9.28. The van der Waals surface area contributed by atoms with Crippen molar-refractivity contribution in [2.45, 2.75) is 13.0 Å². The lowest BCUT2D eigenvalue weighted by atomic mass is 10.1. The predicted octanol–water partition coefficient (Wildman–Crippen LogP) is 0.782. The quantitative estimate of drug-likeness (QED) is 0.714. The minimum Gasteiger partial charge on any atom is -0.339 e. The van der Waals surface area contributed by atoms with Crippen LogP contribution >= 0.6 is 0 Å². The molecule has 0 unspecified atom stereocenters. The van der Waals surface area contributed by atoms with Gasteiger partial charge in [-0.1, -0.05) is 6.07 Å². The van der Waals surface area contributed by atoms with E-state index < -0.39 is 0 Å². The molecule has 3 rings (SSSR count). The molecular weight excluding hydrogens is 216 g/mol. The summed E-state index contributed by atoms with van der Waals surface area (Å²) in [7, 11) is 0. The van der Waals surface area contributed by atoms with Crippen LogP contribution in [0.2, 0.25) is 0 Å². The Hall–Kier alpha value is -2.17. The maximum absolute atomic E-state index is 10.7. The molecule has 0 spiro atoms. The van der Waals surface area contributed by atoms with E-state index in [4.69, 9.17) is 0 Å². The molecule has 1 amide bonds. The third kappa shape index (κ3) is 1.69. The maximum Gasteiger partial charge on any atom is 0.210 e. The molecule has 0 aromatic carbocycles. The number of fused-ring (bicyclic) bond motifs is 1. The minimum absolute atomic E-state index is 0.596. The summed E-state index contributed by atoms with van der Waals surface area (Å²) in [5, 5.41) is 0. The zero-order chi connectivity index (χ0) is 11.7. The second-order valence-electron chi connectivity index (χ2n) is 4.02. The van der Waals surface area contributed by atoms with Crippen LogP contribution in [0.5, 0.6) is 0 Å². The van der Waals surface area contributed by atoms with E-state index in [9.17, 15) is 4.79 Å². The van der Waals surface area contributed by atoms with Crippen LogP contribution in [0.1, 0.15) is 11.4 Å². The van der Waals surface area contributed by atoms with E-state index >= 15 is 0 Å². The molecule has 0 aliphatic carbocycles. The molecule has 1 aliphatic heterocycles. The first kappa shape index (κ1) is 10.0. The highest BCUT2D eigenvalue weighted by Crippen LogP contribution is 2.19. The van der Waals surface area contributed by atoms with Crippen LogP contribution in [-0.2, 0) is 17.8 Å². The summed E-state index contributed by atoms with van der Waals surface area (Å²) in [5.41, 5.74) is 2.12. The fraction of sp³-hybridized carbons (Fsp3) is 0.250. The number of imidazole rings is 1. The summed E-state index contributed by atoms with van der Waals surface area (Å²) in [6.07, 6.45) is 5.25. The molecule has 1 aliphatic rings. The minimum atomic E-state index is 0.596. The van der Waals surface area contributed by atoms with Gasteiger partial charge >= 0.3 is 0 Å². The average Bonchev–Trinajstić information content (AvgIpc) is 2.82. The van der Waals surface area contributed by atoms with Gasteiger partial charge in [-0.25, -0.2) is 9.97 Å². The molecule has 3 heterocycles. The van der Waals surface area contributed by atoms with Gasteiger partial charge in [0.2, 0.25) is 6.41 Å². The predicted molar refractivity (Wildman–Crippen MR) is 61.5 cm³/mol. The van der Waals surface area contributed by atoms with Gasteiger partial charge in [-0.2, -0.15) is 0 Å². The summed E-state index contributed by atoms with van der Waals surface area (Å²) >= 11 is 0. The molecule has 0 saturated heterocycles. The summed E-state index contributed by atoms with van der Waals surface area (Å²) < 4.78 is 2.00. The van der Waals surface area contributed by atoms with Crippen LogP contribution in [-0.4, -0.2) is 32.4 Å². The molecule has 0 fully saturated rings. The van der Waals surface area contributed by atoms with E-state index in [-0.39, 0.29) is 0 Å². The molecule has 0 bridgehead atoms. The lowest BCUT2D eigenvalue weighted by Crippen LogP contribution is -2.30. The number of carbonyl (C=O) groups excluding carboxylic acids is 1. The summed E-state index contributed by atoms with van der Waals surface area (Å²) in [4.78, 5) is 21.1. The van der Waals surface area contributed by atoms with Crippen molar-refractivity contribution in [3.63, 3.8) is 0 Å². The van der Waals surface area contributed by atoms with Gasteiger partial charge in [0, 0.05) is 19.2 Å². The fourth-order valence-corrected chi connectivity index (χ4v) is 2.11. The van der Waals surface area contributed by atoms with Crippen LogP contribution in [0.3, 0.4) is 0 Å². The number of hydrogen-bond acceptors (Lipinski definition) is 3. The van der Waals surface area contributed by atoms with E-state index in [1.54, 1.807) is 17.4 Å². The van der Waals surface area contributed by atoms with Crippen molar-refractivity contribution in [3.8, 4) is 5.82 Å². The van der Waals surface area contributed by atoms with Crippen molar-refractivity contribution in [3.05, 3.63) is 42.1 Å². The van der Waals surface area contributed by atoms with Gasteiger partial charge in [0.15, 0.2) is 0 Å². The lowest BCUT2D eigenvalue weighted by Gasteiger charge is -2.22. The van der Waals surface area contributed by atoms with Gasteiger partial charge < -0.3 is 4.90 Å². The van der Waals surface area contributed by atoms with Crippen molar-refractivity contribution >= 4 is 6.41 Å². The van der Waals surface area contributed by atoms with Crippen molar-refractivity contribution in [1.29, 1.82) is 0 Å². The standard InChI is InChI=1S/C12H12N4O/c17-9-15-6-4-11-10(7-15)14-8-16(11)12-3-1-2-5-13-12/h1-3,5,8-9H,4,6-7H2. The Kier molecular flexibility index (Phi) is 2.36. The molecule has 0 atom stereocenters. The molecule has 5 heteroatoms. The van der Waals surface area contributed by atoms with E-state index in [1.807, 2.05) is 22.8 Å². The van der Waals surface area contributed by atoms with Gasteiger partial charge in [0.25, 0.3) is 0 Å². The second-order valence-corrected chi connectivity index (χ2v) is 4.02. The van der Waals surface area contributed by atoms with E-state index in [2.05, 4.69) is 9.97 Å². The van der Waals surface area contributed by atoms with Gasteiger partial charge in [-0.15, -0.1) is 0 Å². The molecule has 0 N–H and O–H groups in total. The molecule has 0 saturated carbocycles. The highest BCUT2D eigenvalue weighted by Gasteiger charge is 2.20. The average molecular weight is 228 g/mol. The van der Waals surface area contributed by atoms with Crippen molar-refractivity contribution in [1.82, 2.24) is 19.4 Å². The van der Waals surface area contributed by atoms with Crippen molar-refractivity contribution in [2.24, 2.45) is 0 Å². The van der Waals surface area contributed by atoms with Gasteiger partial charge in [0.05, 0.1) is 17.9 Å². The smallest absolute Gasteiger partial charge is 0.210 e. The Bertz CT molecular complexity index is 535. The number of hydrogen-bond donors (Lipinski definition) is 0. The number of carbonyl (C=O) groups is 1. The van der Waals surface area contributed by atoms with Crippen LogP contribution in [0.15, 0.2) is 30.7 Å². The highest BCUT2D eigenvalue weighted by molar-refractivity contribution is 5.48. The normalized spacial score (nSPS) is 14.5. The SMILES string of the molecule is O=CN1CCc2c(ncn2-c2ccccn2)C1. The molecule has 0 radical (unpaired) electrons. The van der Waals surface area contributed by atoms with Crippen molar-refractivity contribution < 1.29 is 4.79 Å². The van der Waals surface area contributed by atoms with E-state index in [0.29, 0.717) is 6.54 Å². The zero-order valence-electron chi connectivity index (χ0n) is 9.28. The van der Waals surface area contributed by atoms with Crippen LogP contribution in [0.4, 0.5) is 0 Å². The lowest BCUT2D eigenvalue weighted by molar-refractivity contribution is -0.119. The number of amides is 1. The molecular formula is C12H12N4O.